The van der Waals surface area contributed by atoms with Crippen molar-refractivity contribution < 1.29 is 13.9 Å². The third-order valence-corrected chi connectivity index (χ3v) is 4.81. The summed E-state index contributed by atoms with van der Waals surface area (Å²) in [6.45, 7) is 9.10. The van der Waals surface area contributed by atoms with E-state index in [9.17, 15) is 9.18 Å². The minimum Gasteiger partial charge on any atom is -0.442 e. The van der Waals surface area contributed by atoms with E-state index in [4.69, 9.17) is 4.74 Å². The lowest BCUT2D eigenvalue weighted by Gasteiger charge is -2.16. The highest BCUT2D eigenvalue weighted by molar-refractivity contribution is 7.13. The Labute approximate surface area is 168 Å². The number of nitrogens with zero attached hydrogens (tertiary/aromatic N) is 5. The number of benzene rings is 1. The van der Waals surface area contributed by atoms with Gasteiger partial charge in [0.25, 0.3) is 0 Å². The van der Waals surface area contributed by atoms with Crippen LogP contribution < -0.4 is 4.90 Å². The number of carbonyl (C=O) groups excluding carboxylic acids is 1. The molecule has 1 aromatic carbocycles. The van der Waals surface area contributed by atoms with Crippen LogP contribution in [0.5, 0.6) is 0 Å². The molecular weight excluding hydrogens is 381 g/mol. The number of thiazole rings is 1. The molecule has 1 aliphatic heterocycles. The fourth-order valence-corrected chi connectivity index (χ4v) is 3.48. The topological polar surface area (TPSA) is 70.4 Å². The van der Waals surface area contributed by atoms with E-state index < -0.39 is 11.9 Å². The van der Waals surface area contributed by atoms with E-state index >= 15 is 0 Å². The Morgan fingerprint density at radius 2 is 2.18 bits per heavy atom. The number of halogens is 1. The number of hydrogen-bond acceptors (Lipinski definition) is 6. The SMILES string of the molecule is CC.CCN=NN(C)CC1CN(c2ccc(-c3nc(C)cs3)c(F)c2)C(=O)O1. The Hall–Kier alpha value is -2.55. The first-order valence-electron chi connectivity index (χ1n) is 9.26. The molecule has 1 atom stereocenters. The van der Waals surface area contributed by atoms with Gasteiger partial charge in [-0.05, 0) is 32.0 Å². The lowest BCUT2D eigenvalue weighted by Crippen LogP contribution is -2.29. The second-order valence-corrected chi connectivity index (χ2v) is 6.82. The number of anilines is 1. The Kier molecular flexibility index (Phi) is 7.86. The highest BCUT2D eigenvalue weighted by Gasteiger charge is 2.33. The van der Waals surface area contributed by atoms with Crippen molar-refractivity contribution >= 4 is 23.1 Å². The second-order valence-electron chi connectivity index (χ2n) is 5.96. The van der Waals surface area contributed by atoms with Gasteiger partial charge in [0.1, 0.15) is 16.9 Å². The lowest BCUT2D eigenvalue weighted by atomic mass is 10.2. The predicted molar refractivity (Wildman–Crippen MR) is 109 cm³/mol. The van der Waals surface area contributed by atoms with E-state index in [2.05, 4.69) is 15.3 Å². The summed E-state index contributed by atoms with van der Waals surface area (Å²) >= 11 is 1.39. The summed E-state index contributed by atoms with van der Waals surface area (Å²) in [5.74, 6) is -0.415. The minimum atomic E-state index is -0.493. The molecular formula is C19H26FN5O2S. The first kappa shape index (κ1) is 21.7. The molecule has 1 amide bonds. The van der Waals surface area contributed by atoms with Gasteiger partial charge in [-0.1, -0.05) is 19.1 Å². The van der Waals surface area contributed by atoms with Gasteiger partial charge in [-0.2, -0.15) is 5.11 Å². The van der Waals surface area contributed by atoms with E-state index in [1.54, 1.807) is 24.2 Å². The molecule has 9 heteroatoms. The van der Waals surface area contributed by atoms with Crippen LogP contribution >= 0.6 is 11.3 Å². The largest absolute Gasteiger partial charge is 0.442 e. The molecule has 3 rings (SSSR count). The zero-order chi connectivity index (χ0) is 20.7. The van der Waals surface area contributed by atoms with E-state index in [0.29, 0.717) is 35.9 Å². The van der Waals surface area contributed by atoms with Gasteiger partial charge in [-0.3, -0.25) is 9.91 Å². The summed E-state index contributed by atoms with van der Waals surface area (Å²) in [5.41, 5.74) is 1.74. The van der Waals surface area contributed by atoms with Crippen molar-refractivity contribution in [3.05, 3.63) is 35.1 Å². The molecule has 28 heavy (non-hydrogen) atoms. The van der Waals surface area contributed by atoms with Crippen LogP contribution in [0.1, 0.15) is 26.5 Å². The average Bonchev–Trinajstić information content (AvgIpc) is 3.27. The predicted octanol–water partition coefficient (Wildman–Crippen LogP) is 4.93. The molecule has 0 spiro atoms. The molecule has 0 bridgehead atoms. The molecule has 0 radical (unpaired) electrons. The lowest BCUT2D eigenvalue weighted by molar-refractivity contribution is 0.115. The average molecular weight is 408 g/mol. The molecule has 7 nitrogen and oxygen atoms in total. The first-order valence-corrected chi connectivity index (χ1v) is 10.1. The monoisotopic (exact) mass is 407 g/mol. The van der Waals surface area contributed by atoms with Gasteiger partial charge in [-0.25, -0.2) is 14.2 Å². The number of rotatable bonds is 6. The molecule has 1 unspecified atom stereocenters. The van der Waals surface area contributed by atoms with Crippen molar-refractivity contribution in [3.8, 4) is 10.6 Å². The minimum absolute atomic E-state index is 0.333. The molecule has 152 valence electrons. The standard InChI is InChI=1S/C17H20FN5O2S.C2H6/c1-4-19-21-22(3)8-13-9-23(17(24)25-13)12-5-6-14(15(18)7-12)16-20-11(2)10-26-16;1-2/h5-7,10,13H,4,8-9H2,1-3H3;1-2H3. The number of amides is 1. The maximum absolute atomic E-state index is 14.5. The number of cyclic esters (lactones) is 1. The normalized spacial score (nSPS) is 16.1. The molecule has 2 heterocycles. The highest BCUT2D eigenvalue weighted by Crippen LogP contribution is 2.30. The first-order chi connectivity index (χ1) is 13.5. The third kappa shape index (κ3) is 5.25. The van der Waals surface area contributed by atoms with Crippen LogP contribution in [0.25, 0.3) is 10.6 Å². The molecule has 1 saturated heterocycles. The van der Waals surface area contributed by atoms with Crippen molar-refractivity contribution in [1.29, 1.82) is 0 Å². The third-order valence-electron chi connectivity index (χ3n) is 3.81. The van der Waals surface area contributed by atoms with Gasteiger partial charge in [0, 0.05) is 23.7 Å². The van der Waals surface area contributed by atoms with Gasteiger partial charge in [0.2, 0.25) is 0 Å². The van der Waals surface area contributed by atoms with E-state index in [-0.39, 0.29) is 6.10 Å². The number of ether oxygens (including phenoxy) is 1. The molecule has 1 aliphatic rings. The van der Waals surface area contributed by atoms with Crippen LogP contribution in [0.2, 0.25) is 0 Å². The maximum atomic E-state index is 14.5. The van der Waals surface area contributed by atoms with Crippen LogP contribution in [0.3, 0.4) is 0 Å². The van der Waals surface area contributed by atoms with Crippen LogP contribution in [0.4, 0.5) is 14.9 Å². The second kappa shape index (κ2) is 10.1. The van der Waals surface area contributed by atoms with Gasteiger partial charge in [0.05, 0.1) is 25.3 Å². The van der Waals surface area contributed by atoms with Crippen LogP contribution in [0.15, 0.2) is 33.9 Å². The summed E-state index contributed by atoms with van der Waals surface area (Å²) in [7, 11) is 1.76. The van der Waals surface area contributed by atoms with Crippen molar-refractivity contribution in [2.45, 2.75) is 33.8 Å². The molecule has 1 aromatic heterocycles. The van der Waals surface area contributed by atoms with Crippen LogP contribution in [0, 0.1) is 12.7 Å². The highest BCUT2D eigenvalue weighted by atomic mass is 32.1. The number of aromatic nitrogens is 1. The molecule has 0 saturated carbocycles. The fourth-order valence-electron chi connectivity index (χ4n) is 2.65. The zero-order valence-corrected chi connectivity index (χ0v) is 17.7. The van der Waals surface area contributed by atoms with Crippen molar-refractivity contribution in [3.63, 3.8) is 0 Å². The molecule has 2 aromatic rings. The smallest absolute Gasteiger partial charge is 0.414 e. The number of carbonyl (C=O) groups is 1. The number of hydrogen-bond donors (Lipinski definition) is 0. The van der Waals surface area contributed by atoms with E-state index in [0.717, 1.165) is 5.69 Å². The van der Waals surface area contributed by atoms with E-state index in [1.807, 2.05) is 33.1 Å². The molecule has 0 N–H and O–H groups in total. The van der Waals surface area contributed by atoms with Crippen molar-refractivity contribution in [1.82, 2.24) is 9.99 Å². The van der Waals surface area contributed by atoms with Crippen molar-refractivity contribution in [2.75, 3.05) is 31.6 Å². The van der Waals surface area contributed by atoms with Crippen LogP contribution in [-0.4, -0.2) is 48.9 Å². The fraction of sp³-hybridized carbons (Fsp3) is 0.474. The van der Waals surface area contributed by atoms with Gasteiger partial charge in [0.15, 0.2) is 0 Å². The van der Waals surface area contributed by atoms with Crippen molar-refractivity contribution in [2.24, 2.45) is 10.3 Å². The quantitative estimate of drug-likeness (QED) is 0.503. The summed E-state index contributed by atoms with van der Waals surface area (Å²) in [4.78, 5) is 17.9. The van der Waals surface area contributed by atoms with E-state index in [1.165, 1.54) is 22.3 Å². The van der Waals surface area contributed by atoms with Gasteiger partial charge in [-0.15, -0.1) is 11.3 Å². The Morgan fingerprint density at radius 3 is 2.79 bits per heavy atom. The Balaban J connectivity index is 0.00000136. The zero-order valence-electron chi connectivity index (χ0n) is 16.8. The van der Waals surface area contributed by atoms with Gasteiger partial charge >= 0.3 is 6.09 Å². The summed E-state index contributed by atoms with van der Waals surface area (Å²) in [5, 5.41) is 12.0. The Bertz CT molecular complexity index is 826. The summed E-state index contributed by atoms with van der Waals surface area (Å²) < 4.78 is 19.9. The molecule has 1 fully saturated rings. The number of aryl methyl sites for hydroxylation is 1. The van der Waals surface area contributed by atoms with Gasteiger partial charge < -0.3 is 4.74 Å². The maximum Gasteiger partial charge on any atom is 0.414 e. The number of likely N-dealkylation sites (N-methyl/N-ethyl adjacent to an activating group) is 1. The van der Waals surface area contributed by atoms with Crippen LogP contribution in [-0.2, 0) is 4.74 Å². The Morgan fingerprint density at radius 1 is 1.43 bits per heavy atom. The molecule has 0 aliphatic carbocycles. The summed E-state index contributed by atoms with van der Waals surface area (Å²) in [6, 6.07) is 4.70. The summed E-state index contributed by atoms with van der Waals surface area (Å²) in [6.07, 6.45) is -0.847.